The molecule has 10 heteroatoms. The summed E-state index contributed by atoms with van der Waals surface area (Å²) in [6.45, 7) is 0. The molecule has 1 heterocycles. The van der Waals surface area contributed by atoms with E-state index in [1.807, 2.05) is 35.0 Å². The van der Waals surface area contributed by atoms with Crippen molar-refractivity contribution in [2.24, 2.45) is 0 Å². The Hall–Kier alpha value is -3.37. The maximum Gasteiger partial charge on any atom is 0.416 e. The van der Waals surface area contributed by atoms with Crippen molar-refractivity contribution in [2.75, 3.05) is 5.43 Å². The van der Waals surface area contributed by atoms with Crippen LogP contribution in [0.25, 0.3) is 27.7 Å². The average Bonchev–Trinajstić information content (AvgIpc) is 3.58. The molecule has 1 aromatic heterocycles. The van der Waals surface area contributed by atoms with Crippen LogP contribution in [0.15, 0.2) is 66.7 Å². The van der Waals surface area contributed by atoms with Gasteiger partial charge in [0.1, 0.15) is 0 Å². The number of hydrazine groups is 1. The summed E-state index contributed by atoms with van der Waals surface area (Å²) in [5, 5.41) is 5.86. The van der Waals surface area contributed by atoms with Crippen LogP contribution in [0.2, 0.25) is 0 Å². The SMILES string of the molecule is O=[SH](=O)NNc1ccc(-n2nc(C3CC3)c3ccc(-c4ccc(C(F)(F)F)cc4)cc32)cc1. The summed E-state index contributed by atoms with van der Waals surface area (Å²) in [5.41, 5.74) is 6.60. The fourth-order valence-electron chi connectivity index (χ4n) is 3.82. The molecule has 170 valence electrons. The molecule has 1 saturated carbocycles. The normalized spacial score (nSPS) is 14.2. The summed E-state index contributed by atoms with van der Waals surface area (Å²) >= 11 is 0. The van der Waals surface area contributed by atoms with Crippen molar-refractivity contribution in [1.82, 2.24) is 14.6 Å². The highest BCUT2D eigenvalue weighted by molar-refractivity contribution is 7.70. The van der Waals surface area contributed by atoms with E-state index < -0.39 is 22.6 Å². The van der Waals surface area contributed by atoms with Gasteiger partial charge < -0.3 is 5.43 Å². The molecule has 0 saturated heterocycles. The lowest BCUT2D eigenvalue weighted by atomic mass is 10.0. The number of hydrogen-bond acceptors (Lipinski definition) is 4. The Morgan fingerprint density at radius 1 is 0.909 bits per heavy atom. The molecule has 2 N–H and O–H groups in total. The van der Waals surface area contributed by atoms with E-state index in [9.17, 15) is 21.6 Å². The number of nitrogens with zero attached hydrogens (tertiary/aromatic N) is 2. The first-order valence-electron chi connectivity index (χ1n) is 10.3. The largest absolute Gasteiger partial charge is 0.416 e. The molecule has 5 rings (SSSR count). The van der Waals surface area contributed by atoms with E-state index in [-0.39, 0.29) is 0 Å². The van der Waals surface area contributed by atoms with Crippen molar-refractivity contribution >= 4 is 27.5 Å². The molecule has 0 spiro atoms. The fraction of sp³-hybridized carbons (Fsp3) is 0.174. The lowest BCUT2D eigenvalue weighted by Crippen LogP contribution is -2.18. The minimum absolute atomic E-state index is 0.407. The van der Waals surface area contributed by atoms with Gasteiger partial charge in [-0.3, -0.25) is 0 Å². The molecule has 0 amide bonds. The van der Waals surface area contributed by atoms with Crippen molar-refractivity contribution in [2.45, 2.75) is 24.9 Å². The lowest BCUT2D eigenvalue weighted by Gasteiger charge is -2.09. The molecule has 3 aromatic carbocycles. The van der Waals surface area contributed by atoms with Gasteiger partial charge in [-0.2, -0.15) is 18.3 Å². The maximum absolute atomic E-state index is 12.9. The summed E-state index contributed by atoms with van der Waals surface area (Å²) in [6, 6.07) is 18.0. The first-order chi connectivity index (χ1) is 15.8. The smallest absolute Gasteiger partial charge is 0.308 e. The first-order valence-corrected chi connectivity index (χ1v) is 11.4. The quantitative estimate of drug-likeness (QED) is 0.272. The van der Waals surface area contributed by atoms with Gasteiger partial charge in [-0.15, -0.1) is 4.83 Å². The molecule has 0 unspecified atom stereocenters. The van der Waals surface area contributed by atoms with Crippen molar-refractivity contribution in [3.8, 4) is 16.8 Å². The van der Waals surface area contributed by atoms with Crippen molar-refractivity contribution in [3.63, 3.8) is 0 Å². The fourth-order valence-corrected chi connectivity index (χ4v) is 4.04. The van der Waals surface area contributed by atoms with Gasteiger partial charge in [-0.1, -0.05) is 24.3 Å². The van der Waals surface area contributed by atoms with E-state index in [1.54, 1.807) is 12.1 Å². The van der Waals surface area contributed by atoms with Crippen LogP contribution in [0.4, 0.5) is 18.9 Å². The second-order valence-corrected chi connectivity index (χ2v) is 8.66. The number of hydrogen-bond donors (Lipinski definition) is 3. The Balaban J connectivity index is 1.54. The zero-order valence-electron chi connectivity index (χ0n) is 17.1. The summed E-state index contributed by atoms with van der Waals surface area (Å²) in [7, 11) is -2.77. The van der Waals surface area contributed by atoms with Crippen LogP contribution in [-0.4, -0.2) is 18.2 Å². The number of rotatable bonds is 6. The third-order valence-corrected chi connectivity index (χ3v) is 5.92. The van der Waals surface area contributed by atoms with E-state index in [0.717, 1.165) is 52.8 Å². The molecule has 1 aliphatic rings. The summed E-state index contributed by atoms with van der Waals surface area (Å²) in [6.07, 6.45) is -2.22. The van der Waals surface area contributed by atoms with E-state index in [1.165, 1.54) is 12.1 Å². The topological polar surface area (TPSA) is 76.0 Å². The van der Waals surface area contributed by atoms with Crippen LogP contribution < -0.4 is 10.3 Å². The number of halogens is 3. The molecule has 33 heavy (non-hydrogen) atoms. The van der Waals surface area contributed by atoms with Crippen LogP contribution in [0, 0.1) is 0 Å². The van der Waals surface area contributed by atoms with Gasteiger partial charge in [0, 0.05) is 17.0 Å². The number of fused-ring (bicyclic) bond motifs is 1. The van der Waals surface area contributed by atoms with E-state index >= 15 is 0 Å². The van der Waals surface area contributed by atoms with Gasteiger partial charge in [0.15, 0.2) is 0 Å². The Kier molecular flexibility index (Phi) is 5.34. The third-order valence-electron chi connectivity index (χ3n) is 5.62. The van der Waals surface area contributed by atoms with Crippen LogP contribution in [0.3, 0.4) is 0 Å². The van der Waals surface area contributed by atoms with Crippen LogP contribution >= 0.6 is 0 Å². The highest BCUT2D eigenvalue weighted by Gasteiger charge is 2.31. The minimum atomic E-state index is -4.37. The molecule has 0 aliphatic heterocycles. The molecule has 0 radical (unpaired) electrons. The number of aromatic nitrogens is 2. The zero-order valence-corrected chi connectivity index (χ0v) is 18.0. The van der Waals surface area contributed by atoms with Gasteiger partial charge >= 0.3 is 6.18 Å². The monoisotopic (exact) mass is 472 g/mol. The second-order valence-electron chi connectivity index (χ2n) is 7.92. The molecule has 0 bridgehead atoms. The third kappa shape index (κ3) is 4.44. The number of nitrogens with one attached hydrogen (secondary N) is 2. The molecule has 1 aliphatic carbocycles. The number of thiol groups is 1. The summed E-state index contributed by atoms with van der Waals surface area (Å²) in [4.78, 5) is 2.13. The van der Waals surface area contributed by atoms with Gasteiger partial charge in [0.2, 0.25) is 10.9 Å². The van der Waals surface area contributed by atoms with E-state index in [4.69, 9.17) is 5.10 Å². The van der Waals surface area contributed by atoms with E-state index in [2.05, 4.69) is 10.3 Å². The number of alkyl halides is 3. The Bertz CT molecular complexity index is 1380. The highest BCUT2D eigenvalue weighted by atomic mass is 32.2. The molecule has 6 nitrogen and oxygen atoms in total. The number of benzene rings is 3. The Morgan fingerprint density at radius 2 is 1.58 bits per heavy atom. The van der Waals surface area contributed by atoms with Crippen LogP contribution in [-0.2, 0) is 17.1 Å². The highest BCUT2D eigenvalue weighted by Crippen LogP contribution is 2.43. The predicted octanol–water partition coefficient (Wildman–Crippen LogP) is 5.03. The van der Waals surface area contributed by atoms with Crippen molar-refractivity contribution in [1.29, 1.82) is 0 Å². The van der Waals surface area contributed by atoms with Crippen molar-refractivity contribution in [3.05, 3.63) is 78.0 Å². The Morgan fingerprint density at radius 3 is 2.18 bits per heavy atom. The number of anilines is 1. The average molecular weight is 472 g/mol. The van der Waals surface area contributed by atoms with Gasteiger partial charge in [0.25, 0.3) is 0 Å². The van der Waals surface area contributed by atoms with Gasteiger partial charge in [-0.25, -0.2) is 13.1 Å². The first kappa shape index (κ1) is 21.5. The van der Waals surface area contributed by atoms with Gasteiger partial charge in [0.05, 0.1) is 22.5 Å². The Labute approximate surface area is 189 Å². The lowest BCUT2D eigenvalue weighted by molar-refractivity contribution is -0.137. The summed E-state index contributed by atoms with van der Waals surface area (Å²) in [5.74, 6) is 0.407. The van der Waals surface area contributed by atoms with Crippen LogP contribution in [0.5, 0.6) is 0 Å². The van der Waals surface area contributed by atoms with Crippen molar-refractivity contribution < 1.29 is 21.6 Å². The molecule has 1 fully saturated rings. The standard InChI is InChI=1S/C23H19F3N4O2S/c24-23(25,26)17-6-3-14(4-7-17)16-5-12-20-21(13-16)30(28-22(20)15-1-2-15)19-10-8-18(9-11-19)27-29-33(31)32/h3-13,15,27,33H,1-2H2,(H,29,31,32). The second kappa shape index (κ2) is 8.20. The zero-order chi connectivity index (χ0) is 23.2. The van der Waals surface area contributed by atoms with Gasteiger partial charge in [-0.05, 0) is 66.4 Å². The molecular formula is C23H19F3N4O2S. The molecular weight excluding hydrogens is 453 g/mol. The minimum Gasteiger partial charge on any atom is -0.308 e. The summed E-state index contributed by atoms with van der Waals surface area (Å²) < 4.78 is 62.0. The predicted molar refractivity (Wildman–Crippen MR) is 121 cm³/mol. The molecule has 0 atom stereocenters. The van der Waals surface area contributed by atoms with E-state index in [0.29, 0.717) is 17.2 Å². The van der Waals surface area contributed by atoms with Crippen LogP contribution in [0.1, 0.15) is 30.0 Å². The maximum atomic E-state index is 12.9. The molecule has 4 aromatic rings.